The average molecular weight is 522 g/mol. The fourth-order valence-corrected chi connectivity index (χ4v) is 3.61. The van der Waals surface area contributed by atoms with Gasteiger partial charge in [-0.1, -0.05) is 6.92 Å². The number of halogens is 1. The van der Waals surface area contributed by atoms with Crippen molar-refractivity contribution >= 4 is 39.3 Å². The third-order valence-corrected chi connectivity index (χ3v) is 5.95. The Hall–Kier alpha value is -2.05. The van der Waals surface area contributed by atoms with Gasteiger partial charge in [0.25, 0.3) is 0 Å². The van der Waals surface area contributed by atoms with Gasteiger partial charge in [0.2, 0.25) is 5.78 Å². The van der Waals surface area contributed by atoms with Crippen LogP contribution >= 0.6 is 22.6 Å². The number of H-pyrrole nitrogens is 1. The number of nitriles is 1. The summed E-state index contributed by atoms with van der Waals surface area (Å²) >= 11 is 2.26. The number of carbonyl (C=O) groups is 1. The molecule has 0 radical (unpaired) electrons. The number of nitrogens with one attached hydrogen (secondary N) is 1. The van der Waals surface area contributed by atoms with Crippen LogP contribution in [0.2, 0.25) is 0 Å². The molecule has 7 heteroatoms. The minimum absolute atomic E-state index is 0.0954. The maximum atomic E-state index is 12.7. The summed E-state index contributed by atoms with van der Waals surface area (Å²) in [4.78, 5) is 19.8. The largest absolute Gasteiger partial charge is 0.489 e. The lowest BCUT2D eigenvalue weighted by atomic mass is 10.1. The van der Waals surface area contributed by atoms with E-state index in [1.54, 1.807) is 25.1 Å². The van der Waals surface area contributed by atoms with Gasteiger partial charge in [0.15, 0.2) is 0 Å². The van der Waals surface area contributed by atoms with Gasteiger partial charge in [-0.3, -0.25) is 4.79 Å². The highest BCUT2D eigenvalue weighted by Gasteiger charge is 2.18. The normalized spacial score (nSPS) is 13.0. The van der Waals surface area contributed by atoms with E-state index in [4.69, 9.17) is 4.74 Å². The Bertz CT molecular complexity index is 956. The topological polar surface area (TPSA) is 72.4 Å². The first-order valence-electron chi connectivity index (χ1n) is 10.2. The number of hydrogen-bond donors (Lipinski definition) is 1. The smallest absolute Gasteiger partial charge is 0.221 e. The van der Waals surface area contributed by atoms with Crippen molar-refractivity contribution in [1.29, 1.82) is 5.26 Å². The van der Waals surface area contributed by atoms with Crippen LogP contribution in [0.4, 0.5) is 0 Å². The molecule has 1 unspecified atom stereocenters. The Morgan fingerprint density at radius 3 is 2.57 bits per heavy atom. The molecule has 1 atom stereocenters. The SMILES string of the molecule is CCC(CCN(C)C(C)C)Oc1cc2cc(C(=O)/C(C#N)=C/N(C)C)[nH]c2cc1I. The molecule has 30 heavy (non-hydrogen) atoms. The summed E-state index contributed by atoms with van der Waals surface area (Å²) in [6, 6.07) is 8.23. The van der Waals surface area contributed by atoms with Gasteiger partial charge in [-0.05, 0) is 74.5 Å². The lowest BCUT2D eigenvalue weighted by Gasteiger charge is -2.25. The van der Waals surface area contributed by atoms with E-state index in [9.17, 15) is 10.1 Å². The molecule has 0 amide bonds. The van der Waals surface area contributed by atoms with Crippen molar-refractivity contribution < 1.29 is 9.53 Å². The standard InChI is InChI=1S/C23H31IN4O2/c1-7-18(8-9-28(6)15(2)3)30-22-11-16-10-21(26-20(16)12-19(22)24)23(29)17(13-25)14-27(4)5/h10-12,14-15,18,26H,7-9H2,1-6H3/b17-14+. The second-order valence-electron chi connectivity index (χ2n) is 8.01. The van der Waals surface area contributed by atoms with E-state index in [1.165, 1.54) is 6.20 Å². The molecule has 0 aliphatic rings. The molecule has 0 bridgehead atoms. The van der Waals surface area contributed by atoms with Gasteiger partial charge in [0.05, 0.1) is 15.4 Å². The van der Waals surface area contributed by atoms with Crippen LogP contribution < -0.4 is 4.74 Å². The maximum Gasteiger partial charge on any atom is 0.221 e. The summed E-state index contributed by atoms with van der Waals surface area (Å²) in [7, 11) is 5.70. The first-order chi connectivity index (χ1) is 14.2. The van der Waals surface area contributed by atoms with E-state index in [1.807, 2.05) is 18.2 Å². The van der Waals surface area contributed by atoms with Gasteiger partial charge in [-0.15, -0.1) is 0 Å². The lowest BCUT2D eigenvalue weighted by molar-refractivity contribution is 0.103. The number of fused-ring (bicyclic) bond motifs is 1. The van der Waals surface area contributed by atoms with Crippen LogP contribution in [-0.4, -0.2) is 60.4 Å². The first kappa shape index (κ1) is 24.2. The van der Waals surface area contributed by atoms with Crippen molar-refractivity contribution in [3.05, 3.63) is 39.2 Å². The lowest BCUT2D eigenvalue weighted by Crippen LogP contribution is -2.31. The number of aromatic amines is 1. The predicted octanol–water partition coefficient (Wildman–Crippen LogP) is 4.81. The van der Waals surface area contributed by atoms with Crippen molar-refractivity contribution in [3.63, 3.8) is 0 Å². The first-order valence-corrected chi connectivity index (χ1v) is 11.3. The van der Waals surface area contributed by atoms with Crippen LogP contribution in [0.1, 0.15) is 44.1 Å². The summed E-state index contributed by atoms with van der Waals surface area (Å²) < 4.78 is 7.31. The van der Waals surface area contributed by atoms with Gasteiger partial charge in [0.1, 0.15) is 17.4 Å². The quantitative estimate of drug-likeness (QED) is 0.210. The highest BCUT2D eigenvalue weighted by Crippen LogP contribution is 2.30. The van der Waals surface area contributed by atoms with Crippen molar-refractivity contribution in [2.45, 2.75) is 45.8 Å². The highest BCUT2D eigenvalue weighted by molar-refractivity contribution is 14.1. The van der Waals surface area contributed by atoms with Crippen molar-refractivity contribution in [2.24, 2.45) is 0 Å². The van der Waals surface area contributed by atoms with E-state index >= 15 is 0 Å². The molecule has 0 saturated heterocycles. The second-order valence-corrected chi connectivity index (χ2v) is 9.17. The number of aromatic nitrogens is 1. The minimum atomic E-state index is -0.317. The minimum Gasteiger partial charge on any atom is -0.489 e. The van der Waals surface area contributed by atoms with E-state index in [2.05, 4.69) is 60.3 Å². The number of Topliss-reactive ketones (excluding diaryl/α,β-unsaturated/α-hetero) is 1. The zero-order valence-corrected chi connectivity index (χ0v) is 20.8. The van der Waals surface area contributed by atoms with Crippen LogP contribution in [0.15, 0.2) is 30.0 Å². The zero-order chi connectivity index (χ0) is 22.4. The number of ketones is 1. The number of allylic oxidation sites excluding steroid dienone is 1. The molecule has 1 heterocycles. The van der Waals surface area contributed by atoms with E-state index < -0.39 is 0 Å². The summed E-state index contributed by atoms with van der Waals surface area (Å²) in [6.45, 7) is 7.50. The molecule has 6 nitrogen and oxygen atoms in total. The molecule has 0 aliphatic heterocycles. The summed E-state index contributed by atoms with van der Waals surface area (Å²) in [6.07, 6.45) is 3.55. The van der Waals surface area contributed by atoms with Crippen molar-refractivity contribution in [3.8, 4) is 11.8 Å². The number of benzene rings is 1. The summed E-state index contributed by atoms with van der Waals surface area (Å²) in [5, 5.41) is 10.2. The fourth-order valence-electron chi connectivity index (χ4n) is 3.02. The number of carbonyl (C=O) groups excluding carboxylic acids is 1. The highest BCUT2D eigenvalue weighted by atomic mass is 127. The molecular formula is C23H31IN4O2. The van der Waals surface area contributed by atoms with Crippen LogP contribution in [0.3, 0.4) is 0 Å². The van der Waals surface area contributed by atoms with Gasteiger partial charge in [0, 0.05) is 43.8 Å². The number of ether oxygens (including phenoxy) is 1. The molecule has 0 saturated carbocycles. The third-order valence-electron chi connectivity index (χ3n) is 5.10. The van der Waals surface area contributed by atoms with Gasteiger partial charge < -0.3 is 19.5 Å². The molecule has 2 aromatic rings. The van der Waals surface area contributed by atoms with Crippen LogP contribution in [0, 0.1) is 14.9 Å². The molecule has 0 aliphatic carbocycles. The van der Waals surface area contributed by atoms with Crippen LogP contribution in [0.5, 0.6) is 5.75 Å². The number of rotatable bonds is 10. The molecule has 1 aromatic heterocycles. The molecule has 2 rings (SSSR count). The third kappa shape index (κ3) is 6.22. The van der Waals surface area contributed by atoms with E-state index in [0.29, 0.717) is 11.7 Å². The number of nitrogens with zero attached hydrogens (tertiary/aromatic N) is 3. The Kier molecular flexibility index (Phi) is 8.74. The van der Waals surface area contributed by atoms with Crippen LogP contribution in [0.25, 0.3) is 10.9 Å². The van der Waals surface area contributed by atoms with Crippen molar-refractivity contribution in [2.75, 3.05) is 27.7 Å². The molecule has 0 fully saturated rings. The molecule has 162 valence electrons. The maximum absolute atomic E-state index is 12.7. The zero-order valence-electron chi connectivity index (χ0n) is 18.6. The fraction of sp³-hybridized carbons (Fsp3) is 0.478. The van der Waals surface area contributed by atoms with Crippen molar-refractivity contribution in [1.82, 2.24) is 14.8 Å². The Labute approximate surface area is 193 Å². The second kappa shape index (κ2) is 10.8. The Morgan fingerprint density at radius 2 is 2.00 bits per heavy atom. The van der Waals surface area contributed by atoms with Crippen LogP contribution in [-0.2, 0) is 0 Å². The Morgan fingerprint density at radius 1 is 1.30 bits per heavy atom. The van der Waals surface area contributed by atoms with E-state index in [0.717, 1.165) is 39.6 Å². The Balaban J connectivity index is 2.24. The van der Waals surface area contributed by atoms with Gasteiger partial charge in [-0.25, -0.2) is 0 Å². The molecule has 1 N–H and O–H groups in total. The average Bonchev–Trinajstić information content (AvgIpc) is 3.10. The molecular weight excluding hydrogens is 491 g/mol. The monoisotopic (exact) mass is 522 g/mol. The van der Waals surface area contributed by atoms with E-state index in [-0.39, 0.29) is 17.5 Å². The molecule has 1 aromatic carbocycles. The van der Waals surface area contributed by atoms with Gasteiger partial charge >= 0.3 is 0 Å². The summed E-state index contributed by atoms with van der Waals surface area (Å²) in [5.41, 5.74) is 1.35. The summed E-state index contributed by atoms with van der Waals surface area (Å²) in [5.74, 6) is 0.507. The predicted molar refractivity (Wildman–Crippen MR) is 130 cm³/mol. The molecule has 0 spiro atoms. The number of hydrogen-bond acceptors (Lipinski definition) is 5. The van der Waals surface area contributed by atoms with Gasteiger partial charge in [-0.2, -0.15) is 5.26 Å².